The van der Waals surface area contributed by atoms with Gasteiger partial charge in [0.15, 0.2) is 0 Å². The summed E-state index contributed by atoms with van der Waals surface area (Å²) in [6.07, 6.45) is 0. The van der Waals surface area contributed by atoms with E-state index in [0.717, 1.165) is 11.3 Å². The maximum absolute atomic E-state index is 12.7. The van der Waals surface area contributed by atoms with Crippen molar-refractivity contribution in [3.05, 3.63) is 29.8 Å². The summed E-state index contributed by atoms with van der Waals surface area (Å²) in [7, 11) is 0. The highest BCUT2D eigenvalue weighted by molar-refractivity contribution is 7.99. The molecule has 0 spiro atoms. The van der Waals surface area contributed by atoms with Gasteiger partial charge in [0, 0.05) is 23.1 Å². The van der Waals surface area contributed by atoms with Gasteiger partial charge >= 0.3 is 0 Å². The van der Waals surface area contributed by atoms with Gasteiger partial charge in [-0.15, -0.1) is 23.4 Å². The van der Waals surface area contributed by atoms with Crippen LogP contribution in [-0.2, 0) is 9.53 Å². The molecule has 2 heterocycles. The number of fused-ring (bicyclic) bond motifs is 1. The fourth-order valence-corrected chi connectivity index (χ4v) is 4.12. The first kappa shape index (κ1) is 13.3. The van der Waals surface area contributed by atoms with E-state index in [1.54, 1.807) is 11.8 Å². The smallest absolute Gasteiger partial charge is 0.231 e. The zero-order valence-corrected chi connectivity index (χ0v) is 12.1. The Bertz CT molecular complexity index is 482. The van der Waals surface area contributed by atoms with Gasteiger partial charge in [-0.3, -0.25) is 4.79 Å². The van der Waals surface area contributed by atoms with Crippen LogP contribution in [0.15, 0.2) is 29.2 Å². The van der Waals surface area contributed by atoms with Gasteiger partial charge in [0.1, 0.15) is 0 Å². The number of nitrogens with zero attached hydrogens (tertiary/aromatic N) is 1. The van der Waals surface area contributed by atoms with Crippen LogP contribution in [0.2, 0.25) is 0 Å². The third kappa shape index (κ3) is 2.49. The van der Waals surface area contributed by atoms with Gasteiger partial charge in [-0.05, 0) is 11.6 Å². The lowest BCUT2D eigenvalue weighted by molar-refractivity contribution is -0.140. The molecule has 19 heavy (non-hydrogen) atoms. The molecule has 1 fully saturated rings. The Labute approximate surface area is 122 Å². The van der Waals surface area contributed by atoms with Crippen LogP contribution < -0.4 is 0 Å². The summed E-state index contributed by atoms with van der Waals surface area (Å²) in [5, 5.41) is 0. The first-order valence-corrected chi connectivity index (χ1v) is 7.99. The average Bonchev–Trinajstić information content (AvgIpc) is 2.90. The van der Waals surface area contributed by atoms with Crippen LogP contribution in [0, 0.1) is 0 Å². The van der Waals surface area contributed by atoms with Crippen molar-refractivity contribution in [1.82, 2.24) is 4.90 Å². The van der Waals surface area contributed by atoms with E-state index in [4.69, 9.17) is 16.3 Å². The molecule has 2 unspecified atom stereocenters. The summed E-state index contributed by atoms with van der Waals surface area (Å²) in [6, 6.07) is 8.19. The normalized spacial score (nSPS) is 26.3. The second-order valence-electron chi connectivity index (χ2n) is 4.82. The molecular weight excluding hydrogens is 282 g/mol. The average molecular weight is 298 g/mol. The number of amides is 1. The number of hydrogen-bond donors (Lipinski definition) is 0. The molecule has 0 aliphatic carbocycles. The molecule has 2 atom stereocenters. The van der Waals surface area contributed by atoms with Gasteiger partial charge in [0.25, 0.3) is 0 Å². The van der Waals surface area contributed by atoms with Crippen LogP contribution >= 0.6 is 23.4 Å². The number of ether oxygens (including phenoxy) is 1. The SMILES string of the molecule is O=C(C1CSc2ccccc21)N1CCOCC1CCl. The molecule has 1 aromatic rings. The Hall–Kier alpha value is -0.710. The van der Waals surface area contributed by atoms with E-state index >= 15 is 0 Å². The maximum Gasteiger partial charge on any atom is 0.231 e. The summed E-state index contributed by atoms with van der Waals surface area (Å²) in [6.45, 7) is 1.82. The minimum absolute atomic E-state index is 0.0145. The summed E-state index contributed by atoms with van der Waals surface area (Å²) in [5.41, 5.74) is 1.16. The van der Waals surface area contributed by atoms with E-state index < -0.39 is 0 Å². The van der Waals surface area contributed by atoms with Gasteiger partial charge in [-0.25, -0.2) is 0 Å². The predicted molar refractivity (Wildman–Crippen MR) is 76.9 cm³/mol. The zero-order chi connectivity index (χ0) is 13.2. The van der Waals surface area contributed by atoms with Crippen molar-refractivity contribution in [2.24, 2.45) is 0 Å². The molecule has 1 aromatic carbocycles. The van der Waals surface area contributed by atoms with Crippen LogP contribution in [0.3, 0.4) is 0 Å². The molecular formula is C14H16ClNO2S. The van der Waals surface area contributed by atoms with Crippen molar-refractivity contribution in [3.8, 4) is 0 Å². The summed E-state index contributed by atoms with van der Waals surface area (Å²) in [5.74, 6) is 1.45. The van der Waals surface area contributed by atoms with Gasteiger partial charge in [-0.2, -0.15) is 0 Å². The van der Waals surface area contributed by atoms with Crippen LogP contribution in [0.4, 0.5) is 0 Å². The molecule has 3 nitrogen and oxygen atoms in total. The van der Waals surface area contributed by atoms with Crippen molar-refractivity contribution in [2.75, 3.05) is 31.4 Å². The number of hydrogen-bond acceptors (Lipinski definition) is 3. The van der Waals surface area contributed by atoms with E-state index in [2.05, 4.69) is 12.1 Å². The molecule has 3 rings (SSSR count). The number of carbonyl (C=O) groups is 1. The Morgan fingerprint density at radius 2 is 2.32 bits per heavy atom. The van der Waals surface area contributed by atoms with Gasteiger partial charge in [0.2, 0.25) is 5.91 Å². The fraction of sp³-hybridized carbons (Fsp3) is 0.500. The number of carbonyl (C=O) groups excluding carboxylic acids is 1. The molecule has 5 heteroatoms. The molecule has 0 radical (unpaired) electrons. The van der Waals surface area contributed by atoms with Crippen molar-refractivity contribution in [1.29, 1.82) is 0 Å². The van der Waals surface area contributed by atoms with Crippen molar-refractivity contribution < 1.29 is 9.53 Å². The molecule has 2 aliphatic heterocycles. The molecule has 1 saturated heterocycles. The molecule has 0 aromatic heterocycles. The lowest BCUT2D eigenvalue weighted by Gasteiger charge is -2.36. The topological polar surface area (TPSA) is 29.5 Å². The number of morpholine rings is 1. The van der Waals surface area contributed by atoms with E-state index in [0.29, 0.717) is 25.6 Å². The van der Waals surface area contributed by atoms with Crippen LogP contribution in [0.25, 0.3) is 0 Å². The Morgan fingerprint density at radius 1 is 1.47 bits per heavy atom. The van der Waals surface area contributed by atoms with Crippen molar-refractivity contribution in [3.63, 3.8) is 0 Å². The highest BCUT2D eigenvalue weighted by Crippen LogP contribution is 2.40. The number of rotatable bonds is 2. The zero-order valence-electron chi connectivity index (χ0n) is 10.5. The number of benzene rings is 1. The first-order chi connectivity index (χ1) is 9.31. The van der Waals surface area contributed by atoms with Crippen molar-refractivity contribution >= 4 is 29.3 Å². The van der Waals surface area contributed by atoms with Gasteiger partial charge < -0.3 is 9.64 Å². The third-order valence-corrected chi connectivity index (χ3v) is 5.23. The standard InChI is InChI=1S/C14H16ClNO2S/c15-7-10-8-18-6-5-16(10)14(17)12-9-19-13-4-2-1-3-11(12)13/h1-4,10,12H,5-9H2. The highest BCUT2D eigenvalue weighted by atomic mass is 35.5. The summed E-state index contributed by atoms with van der Waals surface area (Å²) >= 11 is 7.71. The third-order valence-electron chi connectivity index (χ3n) is 3.69. The number of halogens is 1. The van der Waals surface area contributed by atoms with E-state index in [9.17, 15) is 4.79 Å². The van der Waals surface area contributed by atoms with E-state index in [1.165, 1.54) is 4.90 Å². The van der Waals surface area contributed by atoms with Gasteiger partial charge in [-0.1, -0.05) is 18.2 Å². The van der Waals surface area contributed by atoms with Crippen LogP contribution in [0.5, 0.6) is 0 Å². The quantitative estimate of drug-likeness (QED) is 0.785. The Morgan fingerprint density at radius 3 is 3.16 bits per heavy atom. The number of alkyl halides is 1. The second kappa shape index (κ2) is 5.73. The predicted octanol–water partition coefficient (Wildman–Crippen LogP) is 2.34. The van der Waals surface area contributed by atoms with Crippen LogP contribution in [-0.4, -0.2) is 48.2 Å². The molecule has 0 N–H and O–H groups in total. The lowest BCUT2D eigenvalue weighted by Crippen LogP contribution is -2.51. The summed E-state index contributed by atoms with van der Waals surface area (Å²) in [4.78, 5) is 15.9. The maximum atomic E-state index is 12.7. The summed E-state index contributed by atoms with van der Waals surface area (Å²) < 4.78 is 5.40. The van der Waals surface area contributed by atoms with E-state index in [1.807, 2.05) is 17.0 Å². The molecule has 2 aliphatic rings. The molecule has 102 valence electrons. The molecule has 0 saturated carbocycles. The Balaban J connectivity index is 1.81. The number of thioether (sulfide) groups is 1. The first-order valence-electron chi connectivity index (χ1n) is 6.47. The van der Waals surface area contributed by atoms with Gasteiger partial charge in [0.05, 0.1) is 25.2 Å². The Kier molecular flexibility index (Phi) is 4.01. The molecule has 1 amide bonds. The van der Waals surface area contributed by atoms with Crippen molar-refractivity contribution in [2.45, 2.75) is 16.9 Å². The monoisotopic (exact) mass is 297 g/mol. The molecule has 0 bridgehead atoms. The van der Waals surface area contributed by atoms with Crippen LogP contribution in [0.1, 0.15) is 11.5 Å². The lowest BCUT2D eigenvalue weighted by atomic mass is 9.99. The second-order valence-corrected chi connectivity index (χ2v) is 6.19. The highest BCUT2D eigenvalue weighted by Gasteiger charge is 2.35. The fourth-order valence-electron chi connectivity index (χ4n) is 2.64. The minimum Gasteiger partial charge on any atom is -0.377 e. The minimum atomic E-state index is -0.0231. The largest absolute Gasteiger partial charge is 0.377 e. The van der Waals surface area contributed by atoms with E-state index in [-0.39, 0.29) is 17.9 Å².